The third kappa shape index (κ3) is 6.87. The predicted molar refractivity (Wildman–Crippen MR) is 123 cm³/mol. The summed E-state index contributed by atoms with van der Waals surface area (Å²) < 4.78 is 36.7. The summed E-state index contributed by atoms with van der Waals surface area (Å²) in [6, 6.07) is 0.322. The first-order valence-electron chi connectivity index (χ1n) is 10.6. The predicted octanol–water partition coefficient (Wildman–Crippen LogP) is 4.19. The fourth-order valence-corrected chi connectivity index (χ4v) is 5.07. The molecule has 0 aromatic carbocycles. The third-order valence-electron chi connectivity index (χ3n) is 6.01. The Balaban J connectivity index is 0.00000320. The maximum Gasteiger partial charge on any atom is 0.211 e. The molecule has 8 heteroatoms. The fraction of sp³-hybridized carbons (Fsp3) is 0.636. The zero-order valence-electron chi connectivity index (χ0n) is 18.2. The molecule has 0 bridgehead atoms. The molecule has 0 spiro atoms. The van der Waals surface area contributed by atoms with E-state index in [-0.39, 0.29) is 12.4 Å². The quantitative estimate of drug-likeness (QED) is 0.546. The lowest BCUT2D eigenvalue weighted by Crippen LogP contribution is -2.43. The number of hydrogen-bond acceptors (Lipinski definition) is 5. The van der Waals surface area contributed by atoms with Crippen molar-refractivity contribution in [1.82, 2.24) is 9.21 Å². The molecule has 0 N–H and O–H groups in total. The van der Waals surface area contributed by atoms with Crippen LogP contribution in [0.5, 0.6) is 0 Å². The van der Waals surface area contributed by atoms with Crippen molar-refractivity contribution in [3.63, 3.8) is 0 Å². The number of ether oxygens (including phenoxy) is 2. The van der Waals surface area contributed by atoms with Gasteiger partial charge in [-0.2, -0.15) is 0 Å². The average molecular weight is 459 g/mol. The van der Waals surface area contributed by atoms with E-state index in [2.05, 4.69) is 37.0 Å². The van der Waals surface area contributed by atoms with Gasteiger partial charge in [-0.3, -0.25) is 0 Å². The van der Waals surface area contributed by atoms with Gasteiger partial charge >= 0.3 is 0 Å². The van der Waals surface area contributed by atoms with Gasteiger partial charge in [-0.15, -0.1) is 12.4 Å². The molecule has 0 aromatic rings. The van der Waals surface area contributed by atoms with E-state index in [0.29, 0.717) is 25.0 Å². The maximum absolute atomic E-state index is 11.7. The van der Waals surface area contributed by atoms with Crippen molar-refractivity contribution in [2.45, 2.75) is 52.0 Å². The molecule has 1 atom stereocenters. The van der Waals surface area contributed by atoms with E-state index in [9.17, 15) is 8.42 Å². The number of allylic oxidation sites excluding steroid dienone is 4. The van der Waals surface area contributed by atoms with E-state index >= 15 is 0 Å². The molecule has 3 rings (SSSR count). The fourth-order valence-electron chi connectivity index (χ4n) is 4.20. The monoisotopic (exact) mass is 458 g/mol. The van der Waals surface area contributed by atoms with E-state index < -0.39 is 10.0 Å². The number of halogens is 1. The molecular weight excluding hydrogens is 424 g/mol. The van der Waals surface area contributed by atoms with Crippen molar-refractivity contribution in [3.05, 3.63) is 47.8 Å². The molecule has 0 amide bonds. The highest BCUT2D eigenvalue weighted by Gasteiger charge is 2.27. The Morgan fingerprint density at radius 3 is 2.60 bits per heavy atom. The second kappa shape index (κ2) is 11.4. The van der Waals surface area contributed by atoms with E-state index in [0.717, 1.165) is 56.7 Å². The smallest absolute Gasteiger partial charge is 0.211 e. The molecular formula is C22H35ClN2O4S. The Kier molecular flexibility index (Phi) is 9.47. The average Bonchev–Trinajstić information content (AvgIpc) is 2.72. The van der Waals surface area contributed by atoms with Crippen molar-refractivity contribution in [1.29, 1.82) is 0 Å². The van der Waals surface area contributed by atoms with Crippen LogP contribution in [0, 0.1) is 5.92 Å². The normalized spacial score (nSPS) is 21.7. The van der Waals surface area contributed by atoms with Gasteiger partial charge in [0.15, 0.2) is 5.76 Å². The third-order valence-corrected chi connectivity index (χ3v) is 7.31. The summed E-state index contributed by atoms with van der Waals surface area (Å²) in [6.45, 7) is 7.62. The van der Waals surface area contributed by atoms with Crippen molar-refractivity contribution in [2.75, 3.05) is 32.4 Å². The molecule has 1 aliphatic carbocycles. The van der Waals surface area contributed by atoms with E-state index in [1.54, 1.807) is 16.8 Å². The molecule has 0 aromatic heterocycles. The number of nitrogens with zero attached hydrogens (tertiary/aromatic N) is 2. The van der Waals surface area contributed by atoms with E-state index in [1.807, 2.05) is 0 Å². The summed E-state index contributed by atoms with van der Waals surface area (Å²) in [5.74, 6) is 2.20. The second-order valence-electron chi connectivity index (χ2n) is 8.21. The molecule has 1 fully saturated rings. The highest BCUT2D eigenvalue weighted by molar-refractivity contribution is 7.88. The van der Waals surface area contributed by atoms with Crippen molar-refractivity contribution >= 4 is 22.4 Å². The summed E-state index contributed by atoms with van der Waals surface area (Å²) in [5.41, 5.74) is 1.18. The molecule has 0 saturated carbocycles. The van der Waals surface area contributed by atoms with Crippen LogP contribution < -0.4 is 0 Å². The highest BCUT2D eigenvalue weighted by Crippen LogP contribution is 2.29. The molecule has 2 heterocycles. The summed E-state index contributed by atoms with van der Waals surface area (Å²) in [5, 5.41) is 0. The number of sulfonamides is 1. The van der Waals surface area contributed by atoms with Gasteiger partial charge in [0, 0.05) is 32.1 Å². The summed E-state index contributed by atoms with van der Waals surface area (Å²) in [6.07, 6.45) is 15.7. The van der Waals surface area contributed by atoms with Crippen LogP contribution in [-0.2, 0) is 19.5 Å². The molecule has 3 aliphatic rings. The molecule has 6 nitrogen and oxygen atoms in total. The first-order chi connectivity index (χ1) is 13.9. The lowest BCUT2D eigenvalue weighted by Gasteiger charge is -2.36. The van der Waals surface area contributed by atoms with Gasteiger partial charge in [-0.1, -0.05) is 25.2 Å². The standard InChI is InChI=1S/C22H34N2O4S.ClH/c1-4-23(15-19-10-12-24(13-11-19)29(3,25)26)18(2)14-21-16-27-17-22(28-21)20-8-6-5-7-9-20;/h5-6,8,16-19H,4,7,9-15H2,1-3H3;1H. The largest absolute Gasteiger partial charge is 0.465 e. The Bertz CT molecular complexity index is 796. The SMILES string of the molecule is CCN(CC1CCN(S(C)(=O)=O)CC1)C(C)CC1=COC=C(C2=CC=CCC2)O1.Cl. The summed E-state index contributed by atoms with van der Waals surface area (Å²) in [4.78, 5) is 2.46. The van der Waals surface area contributed by atoms with Gasteiger partial charge < -0.3 is 14.4 Å². The van der Waals surface area contributed by atoms with E-state index in [4.69, 9.17) is 9.47 Å². The van der Waals surface area contributed by atoms with Crippen LogP contribution in [0.2, 0.25) is 0 Å². The minimum atomic E-state index is -3.07. The Labute approximate surface area is 187 Å². The lowest BCUT2D eigenvalue weighted by molar-refractivity contribution is 0.135. The minimum absolute atomic E-state index is 0. The molecule has 0 radical (unpaired) electrons. The molecule has 1 unspecified atom stereocenters. The zero-order chi connectivity index (χ0) is 20.9. The zero-order valence-corrected chi connectivity index (χ0v) is 19.9. The minimum Gasteiger partial charge on any atom is -0.465 e. The van der Waals surface area contributed by atoms with E-state index in [1.165, 1.54) is 11.8 Å². The van der Waals surface area contributed by atoms with Crippen LogP contribution in [0.25, 0.3) is 0 Å². The molecule has 1 saturated heterocycles. The Morgan fingerprint density at radius 1 is 1.27 bits per heavy atom. The summed E-state index contributed by atoms with van der Waals surface area (Å²) >= 11 is 0. The lowest BCUT2D eigenvalue weighted by atomic mass is 9.96. The number of hydrogen-bond donors (Lipinski definition) is 0. The van der Waals surface area contributed by atoms with Crippen LogP contribution in [0.3, 0.4) is 0 Å². The number of piperidine rings is 1. The van der Waals surface area contributed by atoms with Gasteiger partial charge in [-0.25, -0.2) is 12.7 Å². The van der Waals surface area contributed by atoms with Crippen LogP contribution in [-0.4, -0.2) is 56.1 Å². The molecule has 30 heavy (non-hydrogen) atoms. The van der Waals surface area contributed by atoms with Crippen LogP contribution in [0.4, 0.5) is 0 Å². The number of rotatable bonds is 8. The second-order valence-corrected chi connectivity index (χ2v) is 10.2. The van der Waals surface area contributed by atoms with Crippen LogP contribution >= 0.6 is 12.4 Å². The maximum atomic E-state index is 11.7. The first-order valence-corrected chi connectivity index (χ1v) is 12.5. The van der Waals surface area contributed by atoms with Gasteiger partial charge in [0.1, 0.15) is 18.3 Å². The molecule has 2 aliphatic heterocycles. The summed E-state index contributed by atoms with van der Waals surface area (Å²) in [7, 11) is -3.07. The first kappa shape index (κ1) is 25.0. The van der Waals surface area contributed by atoms with Gasteiger partial charge in [0.2, 0.25) is 10.0 Å². The Hall–Kier alpha value is -1.28. The van der Waals surface area contributed by atoms with Gasteiger partial charge in [-0.05, 0) is 50.6 Å². The van der Waals surface area contributed by atoms with Crippen molar-refractivity contribution < 1.29 is 17.9 Å². The van der Waals surface area contributed by atoms with Gasteiger partial charge in [0.05, 0.1) is 6.26 Å². The van der Waals surface area contributed by atoms with Gasteiger partial charge in [0.25, 0.3) is 0 Å². The van der Waals surface area contributed by atoms with Crippen molar-refractivity contribution in [3.8, 4) is 0 Å². The topological polar surface area (TPSA) is 59.1 Å². The highest BCUT2D eigenvalue weighted by atomic mass is 35.5. The van der Waals surface area contributed by atoms with Crippen molar-refractivity contribution in [2.24, 2.45) is 5.92 Å². The van der Waals surface area contributed by atoms with Crippen LogP contribution in [0.1, 0.15) is 46.0 Å². The van der Waals surface area contributed by atoms with Crippen LogP contribution in [0.15, 0.2) is 47.8 Å². The Morgan fingerprint density at radius 2 is 2.00 bits per heavy atom. The molecule has 170 valence electrons.